The first-order valence-corrected chi connectivity index (χ1v) is 11.3. The summed E-state index contributed by atoms with van der Waals surface area (Å²) in [5, 5.41) is 3.44. The van der Waals surface area contributed by atoms with E-state index in [1.54, 1.807) is 0 Å². The van der Waals surface area contributed by atoms with Gasteiger partial charge in [-0.25, -0.2) is 9.98 Å². The number of benzene rings is 1. The molecule has 1 aromatic heterocycles. The molecule has 1 N–H and O–H groups in total. The Morgan fingerprint density at radius 1 is 1.23 bits per heavy atom. The summed E-state index contributed by atoms with van der Waals surface area (Å²) in [4.78, 5) is 14.1. The quantitative estimate of drug-likeness (QED) is 0.587. The van der Waals surface area contributed by atoms with E-state index in [9.17, 15) is 0 Å². The lowest BCUT2D eigenvalue weighted by molar-refractivity contribution is -0.0502. The Morgan fingerprint density at radius 3 is 2.74 bits per heavy atom. The van der Waals surface area contributed by atoms with Crippen LogP contribution in [0.3, 0.4) is 0 Å². The van der Waals surface area contributed by atoms with Crippen molar-refractivity contribution in [3.8, 4) is 0 Å². The summed E-state index contributed by atoms with van der Waals surface area (Å²) in [6, 6.07) is 11.1. The van der Waals surface area contributed by atoms with Crippen molar-refractivity contribution >= 4 is 5.96 Å². The average molecular weight is 426 g/mol. The van der Waals surface area contributed by atoms with Crippen molar-refractivity contribution in [3.05, 3.63) is 53.7 Å². The molecule has 0 spiro atoms. The predicted molar refractivity (Wildman–Crippen MR) is 122 cm³/mol. The maximum Gasteiger partial charge on any atom is 0.216 e. The van der Waals surface area contributed by atoms with Crippen molar-refractivity contribution in [3.63, 3.8) is 0 Å². The molecule has 2 fully saturated rings. The first-order valence-electron chi connectivity index (χ1n) is 11.3. The molecular formula is C24H35N5O2. The summed E-state index contributed by atoms with van der Waals surface area (Å²) >= 11 is 0. The van der Waals surface area contributed by atoms with Gasteiger partial charge in [0.1, 0.15) is 12.3 Å². The molecule has 1 aromatic carbocycles. The predicted octanol–water partition coefficient (Wildman–Crippen LogP) is 3.02. The fraction of sp³-hybridized carbons (Fsp3) is 0.583. The molecule has 3 heterocycles. The maximum atomic E-state index is 6.13. The number of fused-ring (bicyclic) bond motifs is 1. The number of rotatable bonds is 5. The minimum Gasteiger partial charge on any atom is -0.443 e. The normalized spacial score (nSPS) is 22.6. The van der Waals surface area contributed by atoms with Crippen molar-refractivity contribution in [1.29, 1.82) is 0 Å². The zero-order valence-electron chi connectivity index (χ0n) is 19.2. The van der Waals surface area contributed by atoms with Gasteiger partial charge >= 0.3 is 0 Å². The van der Waals surface area contributed by atoms with Crippen LogP contribution in [0.1, 0.15) is 44.9 Å². The SMILES string of the molecule is CCNC(=NCc1ncc(C(C)(C)C)o1)N1CC2OCCN(Cc3ccccc3)C2C1. The van der Waals surface area contributed by atoms with E-state index in [4.69, 9.17) is 14.1 Å². The number of ether oxygens (including phenoxy) is 1. The molecule has 2 aliphatic rings. The van der Waals surface area contributed by atoms with Crippen LogP contribution in [0.2, 0.25) is 0 Å². The number of morpholine rings is 1. The van der Waals surface area contributed by atoms with Gasteiger partial charge in [0.15, 0.2) is 5.96 Å². The van der Waals surface area contributed by atoms with Crippen LogP contribution in [-0.4, -0.2) is 65.7 Å². The zero-order chi connectivity index (χ0) is 21.8. The molecule has 4 rings (SSSR count). The molecule has 2 aromatic rings. The molecule has 7 nitrogen and oxygen atoms in total. The Balaban J connectivity index is 1.44. The Kier molecular flexibility index (Phi) is 6.62. The molecule has 2 atom stereocenters. The summed E-state index contributed by atoms with van der Waals surface area (Å²) < 4.78 is 12.1. The van der Waals surface area contributed by atoms with Gasteiger partial charge in [0.2, 0.25) is 5.89 Å². The summed E-state index contributed by atoms with van der Waals surface area (Å²) in [6.07, 6.45) is 2.02. The van der Waals surface area contributed by atoms with Crippen LogP contribution in [0.4, 0.5) is 0 Å². The second kappa shape index (κ2) is 9.40. The minimum atomic E-state index is -0.0519. The lowest BCUT2D eigenvalue weighted by atomic mass is 9.94. The van der Waals surface area contributed by atoms with E-state index < -0.39 is 0 Å². The Hall–Kier alpha value is -2.38. The van der Waals surface area contributed by atoms with Gasteiger partial charge in [-0.3, -0.25) is 4.90 Å². The summed E-state index contributed by atoms with van der Waals surface area (Å²) in [5.74, 6) is 2.44. The van der Waals surface area contributed by atoms with E-state index in [1.807, 2.05) is 6.20 Å². The van der Waals surface area contributed by atoms with Gasteiger partial charge in [-0.1, -0.05) is 51.1 Å². The van der Waals surface area contributed by atoms with Crippen LogP contribution in [0.25, 0.3) is 0 Å². The molecule has 2 unspecified atom stereocenters. The topological polar surface area (TPSA) is 66.1 Å². The highest BCUT2D eigenvalue weighted by Gasteiger charge is 2.41. The summed E-state index contributed by atoms with van der Waals surface area (Å²) in [7, 11) is 0. The third-order valence-electron chi connectivity index (χ3n) is 5.94. The van der Waals surface area contributed by atoms with E-state index >= 15 is 0 Å². The Labute approximate surface area is 185 Å². The van der Waals surface area contributed by atoms with E-state index in [-0.39, 0.29) is 11.5 Å². The highest BCUT2D eigenvalue weighted by atomic mass is 16.5. The van der Waals surface area contributed by atoms with Crippen molar-refractivity contribution in [2.75, 3.05) is 32.8 Å². The van der Waals surface area contributed by atoms with Gasteiger partial charge in [-0.15, -0.1) is 0 Å². The summed E-state index contributed by atoms with van der Waals surface area (Å²) in [5.41, 5.74) is 1.30. The molecule has 31 heavy (non-hydrogen) atoms. The standard InChI is InChI=1S/C24H35N5O2/c1-5-25-23(27-14-22-26-13-21(31-22)24(2,3)4)29-16-19-20(17-29)30-12-11-28(19)15-18-9-7-6-8-10-18/h6-10,13,19-20H,5,11-12,14-17H2,1-4H3,(H,25,27). The molecule has 0 bridgehead atoms. The van der Waals surface area contributed by atoms with Crippen LogP contribution in [0, 0.1) is 0 Å². The van der Waals surface area contributed by atoms with Crippen LogP contribution < -0.4 is 5.32 Å². The number of nitrogens with zero attached hydrogens (tertiary/aromatic N) is 4. The molecular weight excluding hydrogens is 390 g/mol. The first kappa shape index (κ1) is 21.8. The molecule has 2 aliphatic heterocycles. The van der Waals surface area contributed by atoms with Crippen molar-refractivity contribution in [1.82, 2.24) is 20.1 Å². The molecule has 0 radical (unpaired) electrons. The van der Waals surface area contributed by atoms with Crippen LogP contribution in [0.5, 0.6) is 0 Å². The second-order valence-electron chi connectivity index (χ2n) is 9.38. The highest BCUT2D eigenvalue weighted by Crippen LogP contribution is 2.25. The number of oxazole rings is 1. The number of aliphatic imine (C=N–C) groups is 1. The van der Waals surface area contributed by atoms with E-state index in [0.29, 0.717) is 18.5 Å². The van der Waals surface area contributed by atoms with Crippen LogP contribution >= 0.6 is 0 Å². The number of guanidine groups is 1. The van der Waals surface area contributed by atoms with Gasteiger partial charge in [-0.2, -0.15) is 0 Å². The number of aromatic nitrogens is 1. The lowest BCUT2D eigenvalue weighted by Gasteiger charge is -2.36. The second-order valence-corrected chi connectivity index (χ2v) is 9.38. The van der Waals surface area contributed by atoms with Crippen LogP contribution in [-0.2, 0) is 23.2 Å². The number of hydrogen-bond acceptors (Lipinski definition) is 5. The average Bonchev–Trinajstić information content (AvgIpc) is 3.39. The fourth-order valence-electron chi connectivity index (χ4n) is 4.24. The monoisotopic (exact) mass is 425 g/mol. The fourth-order valence-corrected chi connectivity index (χ4v) is 4.24. The molecule has 0 saturated carbocycles. The smallest absolute Gasteiger partial charge is 0.216 e. The van der Waals surface area contributed by atoms with Gasteiger partial charge < -0.3 is 19.4 Å². The number of nitrogens with one attached hydrogen (secondary N) is 1. The molecule has 7 heteroatoms. The number of hydrogen-bond donors (Lipinski definition) is 1. The van der Waals surface area contributed by atoms with Crippen LogP contribution in [0.15, 0.2) is 45.9 Å². The molecule has 0 aliphatic carbocycles. The highest BCUT2D eigenvalue weighted by molar-refractivity contribution is 5.80. The van der Waals surface area contributed by atoms with E-state index in [1.165, 1.54) is 5.56 Å². The molecule has 168 valence electrons. The first-order chi connectivity index (χ1) is 14.9. The summed E-state index contributed by atoms with van der Waals surface area (Å²) in [6.45, 7) is 14.2. The zero-order valence-corrected chi connectivity index (χ0v) is 19.2. The Morgan fingerprint density at radius 2 is 2.03 bits per heavy atom. The third-order valence-corrected chi connectivity index (χ3v) is 5.94. The van der Waals surface area contributed by atoms with Crippen molar-refractivity contribution < 1.29 is 9.15 Å². The molecule has 2 saturated heterocycles. The van der Waals surface area contributed by atoms with Gasteiger partial charge in [0.05, 0.1) is 24.9 Å². The Bertz CT molecular complexity index is 874. The van der Waals surface area contributed by atoms with Crippen molar-refractivity contribution in [2.24, 2.45) is 4.99 Å². The number of likely N-dealkylation sites (tertiary alicyclic amines) is 1. The van der Waals surface area contributed by atoms with E-state index in [0.717, 1.165) is 51.1 Å². The van der Waals surface area contributed by atoms with Gasteiger partial charge in [0, 0.05) is 38.1 Å². The lowest BCUT2D eigenvalue weighted by Crippen LogP contribution is -2.50. The third kappa shape index (κ3) is 5.28. The van der Waals surface area contributed by atoms with Gasteiger partial charge in [0.25, 0.3) is 0 Å². The minimum absolute atomic E-state index is 0.0519. The largest absolute Gasteiger partial charge is 0.443 e. The van der Waals surface area contributed by atoms with Gasteiger partial charge in [-0.05, 0) is 12.5 Å². The van der Waals surface area contributed by atoms with Crippen molar-refractivity contribution in [2.45, 2.75) is 58.3 Å². The maximum absolute atomic E-state index is 6.13. The van der Waals surface area contributed by atoms with E-state index in [2.05, 4.69) is 78.1 Å². The molecule has 0 amide bonds.